The number of rotatable bonds is 9. The van der Waals surface area contributed by atoms with Crippen LogP contribution in [0, 0.1) is 17.8 Å². The van der Waals surface area contributed by atoms with E-state index in [9.17, 15) is 4.79 Å². The number of carbonyl (C=O) groups is 1. The molecule has 130 valence electrons. The fourth-order valence-corrected chi connectivity index (χ4v) is 3.69. The minimum absolute atomic E-state index is 0.322. The van der Waals surface area contributed by atoms with Gasteiger partial charge in [-0.3, -0.25) is 9.79 Å². The summed E-state index contributed by atoms with van der Waals surface area (Å²) in [5.74, 6) is 4.01. The van der Waals surface area contributed by atoms with Gasteiger partial charge in [0, 0.05) is 39.1 Å². The molecule has 2 saturated carbocycles. The van der Waals surface area contributed by atoms with E-state index in [2.05, 4.69) is 17.6 Å². The number of amides is 1. The Morgan fingerprint density at radius 1 is 1.26 bits per heavy atom. The zero-order chi connectivity index (χ0) is 16.1. The molecule has 0 bridgehead atoms. The predicted molar refractivity (Wildman–Crippen MR) is 93.4 cm³/mol. The molecule has 0 unspecified atom stereocenters. The largest absolute Gasteiger partial charge is 0.357 e. The van der Waals surface area contributed by atoms with Gasteiger partial charge in [0.1, 0.15) is 0 Å². The molecule has 1 saturated heterocycles. The molecule has 5 heteroatoms. The molecule has 1 aliphatic heterocycles. The number of guanidine groups is 1. The second-order valence-electron chi connectivity index (χ2n) is 7.32. The summed E-state index contributed by atoms with van der Waals surface area (Å²) >= 11 is 0. The summed E-state index contributed by atoms with van der Waals surface area (Å²) in [4.78, 5) is 18.4. The second-order valence-corrected chi connectivity index (χ2v) is 7.32. The van der Waals surface area contributed by atoms with Gasteiger partial charge in [-0.1, -0.05) is 0 Å². The number of nitrogens with zero attached hydrogens (tertiary/aromatic N) is 2. The molecule has 23 heavy (non-hydrogen) atoms. The molecule has 0 aromatic heterocycles. The fraction of sp³-hybridized carbons (Fsp3) is 0.889. The molecule has 1 heterocycles. The van der Waals surface area contributed by atoms with Crippen LogP contribution in [0.4, 0.5) is 0 Å². The maximum Gasteiger partial charge on any atom is 0.222 e. The first kappa shape index (κ1) is 16.6. The molecule has 3 fully saturated rings. The van der Waals surface area contributed by atoms with Crippen molar-refractivity contribution in [3.05, 3.63) is 0 Å². The molecule has 3 aliphatic rings. The summed E-state index contributed by atoms with van der Waals surface area (Å²) in [7, 11) is 0. The third kappa shape index (κ3) is 5.11. The summed E-state index contributed by atoms with van der Waals surface area (Å²) in [6.07, 6.45) is 8.44. The zero-order valence-electron chi connectivity index (χ0n) is 14.5. The number of hydrogen-bond acceptors (Lipinski definition) is 2. The van der Waals surface area contributed by atoms with Crippen molar-refractivity contribution in [1.82, 2.24) is 15.5 Å². The van der Waals surface area contributed by atoms with Crippen molar-refractivity contribution in [3.63, 3.8) is 0 Å². The van der Waals surface area contributed by atoms with Gasteiger partial charge < -0.3 is 15.5 Å². The van der Waals surface area contributed by atoms with Gasteiger partial charge in [-0.05, 0) is 63.2 Å². The number of carbonyl (C=O) groups excluding carboxylic acids is 1. The predicted octanol–water partition coefficient (Wildman–Crippen LogP) is 1.99. The first-order chi connectivity index (χ1) is 11.3. The van der Waals surface area contributed by atoms with Gasteiger partial charge in [-0.2, -0.15) is 0 Å². The van der Waals surface area contributed by atoms with E-state index < -0.39 is 0 Å². The SMILES string of the molecule is CCNC(=NCC(C1CC1)C1CC1)NCCCN1CCCC1=O. The van der Waals surface area contributed by atoms with E-state index in [0.29, 0.717) is 5.91 Å². The van der Waals surface area contributed by atoms with E-state index in [0.717, 1.165) is 75.7 Å². The summed E-state index contributed by atoms with van der Waals surface area (Å²) in [6.45, 7) is 6.69. The van der Waals surface area contributed by atoms with Crippen LogP contribution in [-0.4, -0.2) is 49.5 Å². The lowest BCUT2D eigenvalue weighted by Gasteiger charge is -2.17. The maximum absolute atomic E-state index is 11.6. The molecule has 5 nitrogen and oxygen atoms in total. The van der Waals surface area contributed by atoms with Crippen LogP contribution in [0.2, 0.25) is 0 Å². The van der Waals surface area contributed by atoms with Crippen LogP contribution < -0.4 is 10.6 Å². The Labute approximate surface area is 140 Å². The summed E-state index contributed by atoms with van der Waals surface area (Å²) in [5, 5.41) is 6.79. The van der Waals surface area contributed by atoms with Crippen molar-refractivity contribution in [2.24, 2.45) is 22.7 Å². The average Bonchev–Trinajstić information content (AvgIpc) is 3.45. The molecular weight excluding hydrogens is 288 g/mol. The second kappa shape index (κ2) is 8.02. The molecule has 2 aliphatic carbocycles. The molecular formula is C18H32N4O. The van der Waals surface area contributed by atoms with Crippen molar-refractivity contribution in [3.8, 4) is 0 Å². The van der Waals surface area contributed by atoms with Crippen molar-refractivity contribution < 1.29 is 4.79 Å². The van der Waals surface area contributed by atoms with Crippen molar-refractivity contribution in [2.75, 3.05) is 32.7 Å². The van der Waals surface area contributed by atoms with Crippen molar-refractivity contribution >= 4 is 11.9 Å². The fourth-order valence-electron chi connectivity index (χ4n) is 3.69. The Balaban J connectivity index is 1.38. The smallest absolute Gasteiger partial charge is 0.222 e. The molecule has 3 rings (SSSR count). The van der Waals surface area contributed by atoms with Gasteiger partial charge in [0.2, 0.25) is 5.91 Å². The van der Waals surface area contributed by atoms with Crippen LogP contribution >= 0.6 is 0 Å². The lowest BCUT2D eigenvalue weighted by Crippen LogP contribution is -2.39. The standard InChI is InChI=1S/C18H32N4O/c1-2-19-18(20-10-4-12-22-11-3-5-17(22)23)21-13-16(14-6-7-14)15-8-9-15/h14-16H,2-13H2,1H3,(H2,19,20,21). The number of nitrogens with one attached hydrogen (secondary N) is 2. The van der Waals surface area contributed by atoms with E-state index in [1.54, 1.807) is 0 Å². The van der Waals surface area contributed by atoms with Crippen LogP contribution in [0.15, 0.2) is 4.99 Å². The summed E-state index contributed by atoms with van der Waals surface area (Å²) < 4.78 is 0. The maximum atomic E-state index is 11.6. The Bertz CT molecular complexity index is 417. The molecule has 2 N–H and O–H groups in total. The number of likely N-dealkylation sites (tertiary alicyclic amines) is 1. The Kier molecular flexibility index (Phi) is 5.79. The lowest BCUT2D eigenvalue weighted by atomic mass is 9.98. The van der Waals surface area contributed by atoms with E-state index in [4.69, 9.17) is 4.99 Å². The topological polar surface area (TPSA) is 56.7 Å². The van der Waals surface area contributed by atoms with Gasteiger partial charge in [-0.15, -0.1) is 0 Å². The Morgan fingerprint density at radius 2 is 2.00 bits per heavy atom. The molecule has 0 aromatic rings. The van der Waals surface area contributed by atoms with E-state index in [-0.39, 0.29) is 0 Å². The first-order valence-electron chi connectivity index (χ1n) is 9.58. The Morgan fingerprint density at radius 3 is 2.57 bits per heavy atom. The zero-order valence-corrected chi connectivity index (χ0v) is 14.5. The van der Waals surface area contributed by atoms with E-state index >= 15 is 0 Å². The van der Waals surface area contributed by atoms with Crippen molar-refractivity contribution in [1.29, 1.82) is 0 Å². The van der Waals surface area contributed by atoms with E-state index in [1.807, 2.05) is 4.90 Å². The van der Waals surface area contributed by atoms with E-state index in [1.165, 1.54) is 25.7 Å². The van der Waals surface area contributed by atoms with Crippen LogP contribution in [0.5, 0.6) is 0 Å². The van der Waals surface area contributed by atoms with Crippen LogP contribution in [0.25, 0.3) is 0 Å². The number of aliphatic imine (C=N–C) groups is 1. The normalized spacial score (nSPS) is 22.1. The quantitative estimate of drug-likeness (QED) is 0.388. The highest BCUT2D eigenvalue weighted by Gasteiger charge is 2.41. The Hall–Kier alpha value is -1.26. The molecule has 0 spiro atoms. The highest BCUT2D eigenvalue weighted by molar-refractivity contribution is 5.79. The van der Waals surface area contributed by atoms with Gasteiger partial charge in [0.05, 0.1) is 0 Å². The van der Waals surface area contributed by atoms with Crippen molar-refractivity contribution in [2.45, 2.75) is 51.9 Å². The minimum atomic E-state index is 0.322. The first-order valence-corrected chi connectivity index (χ1v) is 9.58. The van der Waals surface area contributed by atoms with Gasteiger partial charge in [-0.25, -0.2) is 0 Å². The molecule has 1 amide bonds. The summed E-state index contributed by atoms with van der Waals surface area (Å²) in [5.41, 5.74) is 0. The molecule has 0 atom stereocenters. The van der Waals surface area contributed by atoms with Crippen LogP contribution in [0.1, 0.15) is 51.9 Å². The summed E-state index contributed by atoms with van der Waals surface area (Å²) in [6, 6.07) is 0. The minimum Gasteiger partial charge on any atom is -0.357 e. The monoisotopic (exact) mass is 320 g/mol. The van der Waals surface area contributed by atoms with Crippen LogP contribution in [-0.2, 0) is 4.79 Å². The molecule has 0 radical (unpaired) electrons. The average molecular weight is 320 g/mol. The van der Waals surface area contributed by atoms with Gasteiger partial charge in [0.15, 0.2) is 5.96 Å². The molecule has 0 aromatic carbocycles. The van der Waals surface area contributed by atoms with Crippen LogP contribution in [0.3, 0.4) is 0 Å². The number of hydrogen-bond donors (Lipinski definition) is 2. The lowest BCUT2D eigenvalue weighted by molar-refractivity contribution is -0.127. The highest BCUT2D eigenvalue weighted by atomic mass is 16.2. The van der Waals surface area contributed by atoms with Gasteiger partial charge in [0.25, 0.3) is 0 Å². The highest BCUT2D eigenvalue weighted by Crippen LogP contribution is 2.49. The third-order valence-electron chi connectivity index (χ3n) is 5.33. The van der Waals surface area contributed by atoms with Gasteiger partial charge >= 0.3 is 0 Å². The third-order valence-corrected chi connectivity index (χ3v) is 5.33.